The highest BCUT2D eigenvalue weighted by Gasteiger charge is 2.38. The number of aliphatic hydroxyl groups is 1. The molecule has 1 aromatic rings. The summed E-state index contributed by atoms with van der Waals surface area (Å²) in [5.74, 6) is 0.160. The quantitative estimate of drug-likeness (QED) is 0.482. The van der Waals surface area contributed by atoms with Crippen molar-refractivity contribution in [1.82, 2.24) is 10.2 Å². The van der Waals surface area contributed by atoms with Crippen LogP contribution >= 0.6 is 11.8 Å². The monoisotopic (exact) mass is 490 g/mol. The summed E-state index contributed by atoms with van der Waals surface area (Å²) in [5.41, 5.74) is 0.522. The van der Waals surface area contributed by atoms with Gasteiger partial charge in [0.05, 0.1) is 11.8 Å². The van der Waals surface area contributed by atoms with Crippen molar-refractivity contribution in [3.8, 4) is 5.75 Å². The maximum Gasteiger partial charge on any atom is 0.276 e. The second-order valence-corrected chi connectivity index (χ2v) is 9.96. The van der Waals surface area contributed by atoms with Crippen LogP contribution in [-0.4, -0.2) is 83.9 Å². The molecule has 0 saturated heterocycles. The van der Waals surface area contributed by atoms with E-state index in [1.807, 2.05) is 14.1 Å². The Hall–Kier alpha value is -2.50. The Kier molecular flexibility index (Phi) is 8.17. The molecule has 1 saturated carbocycles. The van der Waals surface area contributed by atoms with E-state index in [1.165, 1.54) is 30.2 Å². The number of nitrogens with zero attached hydrogens (tertiary/aromatic N) is 4. The lowest BCUT2D eigenvalue weighted by molar-refractivity contribution is -0.114. The lowest BCUT2D eigenvalue weighted by atomic mass is 9.95. The molecule has 11 heteroatoms. The fourth-order valence-corrected chi connectivity index (χ4v) is 5.07. The van der Waals surface area contributed by atoms with E-state index >= 15 is 0 Å². The molecule has 184 valence electrons. The van der Waals surface area contributed by atoms with Crippen LogP contribution in [0.2, 0.25) is 0 Å². The van der Waals surface area contributed by atoms with Gasteiger partial charge in [0.25, 0.3) is 5.91 Å². The third-order valence-electron chi connectivity index (χ3n) is 5.86. The third-order valence-corrected chi connectivity index (χ3v) is 7.00. The number of amides is 1. The summed E-state index contributed by atoms with van der Waals surface area (Å²) >= 11 is 1.30. The number of carbonyl (C=O) groups is 1. The Morgan fingerprint density at radius 1 is 1.32 bits per heavy atom. The molecule has 0 spiro atoms. The number of benzene rings is 1. The van der Waals surface area contributed by atoms with Gasteiger partial charge in [0.2, 0.25) is 0 Å². The first kappa shape index (κ1) is 24.6. The SMILES string of the molecule is CN(C)CCCNC(=O)C1=N[C@@H]2C(Nc3ccc(F)cc3O[C@@H]3CCCC[C@H]3O)=NC=NC2S1. The first-order valence-electron chi connectivity index (χ1n) is 11.6. The Bertz CT molecular complexity index is 985. The summed E-state index contributed by atoms with van der Waals surface area (Å²) in [4.78, 5) is 27.9. The van der Waals surface area contributed by atoms with Gasteiger partial charge in [0.1, 0.15) is 41.3 Å². The minimum absolute atomic E-state index is 0.218. The molecule has 3 N–H and O–H groups in total. The average Bonchev–Trinajstić information content (AvgIpc) is 3.25. The molecule has 0 bridgehead atoms. The zero-order valence-electron chi connectivity index (χ0n) is 19.4. The van der Waals surface area contributed by atoms with Crippen molar-refractivity contribution in [1.29, 1.82) is 0 Å². The molecule has 2 heterocycles. The van der Waals surface area contributed by atoms with Crippen LogP contribution < -0.4 is 15.4 Å². The predicted molar refractivity (Wildman–Crippen MR) is 134 cm³/mol. The number of hydrogen-bond donors (Lipinski definition) is 3. The maximum atomic E-state index is 14.0. The number of thioether (sulfide) groups is 1. The highest BCUT2D eigenvalue weighted by Crippen LogP contribution is 2.34. The van der Waals surface area contributed by atoms with Gasteiger partial charge in [-0.3, -0.25) is 14.8 Å². The van der Waals surface area contributed by atoms with Gasteiger partial charge < -0.3 is 25.4 Å². The fraction of sp³-hybridized carbons (Fsp3) is 0.565. The van der Waals surface area contributed by atoms with Gasteiger partial charge in [-0.05, 0) is 58.5 Å². The van der Waals surface area contributed by atoms with Gasteiger partial charge in [-0.15, -0.1) is 0 Å². The zero-order chi connectivity index (χ0) is 24.1. The minimum Gasteiger partial charge on any atom is -0.485 e. The molecule has 2 aliphatic heterocycles. The average molecular weight is 491 g/mol. The van der Waals surface area contributed by atoms with Crippen LogP contribution in [0.3, 0.4) is 0 Å². The van der Waals surface area contributed by atoms with Gasteiger partial charge >= 0.3 is 0 Å². The summed E-state index contributed by atoms with van der Waals surface area (Å²) in [6.07, 6.45) is 4.61. The highest BCUT2D eigenvalue weighted by molar-refractivity contribution is 8.16. The summed E-state index contributed by atoms with van der Waals surface area (Å²) in [6, 6.07) is 3.75. The molecule has 3 aliphatic rings. The Morgan fingerprint density at radius 3 is 2.94 bits per heavy atom. The van der Waals surface area contributed by atoms with Crippen LogP contribution in [0.1, 0.15) is 32.1 Å². The lowest BCUT2D eigenvalue weighted by Crippen LogP contribution is -2.36. The largest absolute Gasteiger partial charge is 0.485 e. The molecule has 0 aromatic heterocycles. The van der Waals surface area contributed by atoms with Crippen molar-refractivity contribution in [2.75, 3.05) is 32.5 Å². The maximum absolute atomic E-state index is 14.0. The molecule has 9 nitrogen and oxygen atoms in total. The zero-order valence-corrected chi connectivity index (χ0v) is 20.2. The second-order valence-electron chi connectivity index (χ2n) is 8.85. The number of hydrogen-bond acceptors (Lipinski definition) is 9. The van der Waals surface area contributed by atoms with Gasteiger partial charge in [-0.25, -0.2) is 9.38 Å². The van der Waals surface area contributed by atoms with E-state index < -0.39 is 18.0 Å². The van der Waals surface area contributed by atoms with Crippen molar-refractivity contribution in [2.45, 2.75) is 55.7 Å². The number of anilines is 1. The minimum atomic E-state index is -0.581. The van der Waals surface area contributed by atoms with Crippen molar-refractivity contribution in [3.63, 3.8) is 0 Å². The highest BCUT2D eigenvalue weighted by atomic mass is 32.2. The smallest absolute Gasteiger partial charge is 0.276 e. The van der Waals surface area contributed by atoms with E-state index in [0.717, 1.165) is 25.8 Å². The van der Waals surface area contributed by atoms with E-state index in [0.29, 0.717) is 41.7 Å². The molecule has 1 unspecified atom stereocenters. The van der Waals surface area contributed by atoms with Gasteiger partial charge in [0, 0.05) is 12.6 Å². The van der Waals surface area contributed by atoms with E-state index in [-0.39, 0.29) is 17.4 Å². The molecule has 1 aliphatic carbocycles. The summed E-state index contributed by atoms with van der Waals surface area (Å²) in [7, 11) is 3.98. The van der Waals surface area contributed by atoms with E-state index in [1.54, 1.807) is 6.07 Å². The third kappa shape index (κ3) is 6.13. The predicted octanol–water partition coefficient (Wildman–Crippen LogP) is 2.27. The van der Waals surface area contributed by atoms with Crippen molar-refractivity contribution in [2.24, 2.45) is 15.0 Å². The molecule has 0 radical (unpaired) electrons. The molecule has 1 amide bonds. The van der Waals surface area contributed by atoms with E-state index in [4.69, 9.17) is 4.74 Å². The number of aliphatic imine (C=N–C) groups is 3. The van der Waals surface area contributed by atoms with Crippen LogP contribution in [0.25, 0.3) is 0 Å². The van der Waals surface area contributed by atoms with Crippen LogP contribution in [0.5, 0.6) is 5.75 Å². The van der Waals surface area contributed by atoms with Crippen LogP contribution in [-0.2, 0) is 4.79 Å². The Labute approximate surface area is 203 Å². The Morgan fingerprint density at radius 2 is 2.15 bits per heavy atom. The molecule has 4 atom stereocenters. The molecule has 1 fully saturated rings. The van der Waals surface area contributed by atoms with Crippen molar-refractivity contribution < 1.29 is 19.0 Å². The van der Waals surface area contributed by atoms with Crippen molar-refractivity contribution in [3.05, 3.63) is 24.0 Å². The van der Waals surface area contributed by atoms with Gasteiger partial charge in [-0.1, -0.05) is 18.2 Å². The summed E-state index contributed by atoms with van der Waals surface area (Å²) in [6.45, 7) is 1.45. The number of amidine groups is 1. The van der Waals surface area contributed by atoms with Gasteiger partial charge in [0.15, 0.2) is 5.04 Å². The second kappa shape index (κ2) is 11.3. The topological polar surface area (TPSA) is 111 Å². The van der Waals surface area contributed by atoms with Gasteiger partial charge in [-0.2, -0.15) is 0 Å². The molecule has 4 rings (SSSR count). The first-order chi connectivity index (χ1) is 16.4. The van der Waals surface area contributed by atoms with E-state index in [2.05, 4.69) is 30.5 Å². The molecular formula is C23H31FN6O3S. The molecular weight excluding hydrogens is 459 g/mol. The number of halogens is 1. The number of nitrogens with one attached hydrogen (secondary N) is 2. The first-order valence-corrected chi connectivity index (χ1v) is 12.5. The number of fused-ring (bicyclic) bond motifs is 1. The summed E-state index contributed by atoms with van der Waals surface area (Å²) < 4.78 is 20.0. The number of carbonyl (C=O) groups excluding carboxylic acids is 1. The molecule has 34 heavy (non-hydrogen) atoms. The molecule has 1 aromatic carbocycles. The van der Waals surface area contributed by atoms with Crippen molar-refractivity contribution >= 4 is 40.6 Å². The number of rotatable bonds is 8. The summed E-state index contributed by atoms with van der Waals surface area (Å²) in [5, 5.41) is 16.5. The van der Waals surface area contributed by atoms with E-state index in [9.17, 15) is 14.3 Å². The lowest BCUT2D eigenvalue weighted by Gasteiger charge is -2.29. The number of aliphatic hydroxyl groups excluding tert-OH is 1. The Balaban J connectivity index is 1.44. The fourth-order valence-electron chi connectivity index (χ4n) is 4.05. The van der Waals surface area contributed by atoms with Crippen LogP contribution in [0.15, 0.2) is 33.2 Å². The van der Waals surface area contributed by atoms with Crippen LogP contribution in [0, 0.1) is 5.82 Å². The van der Waals surface area contributed by atoms with Crippen LogP contribution in [0.4, 0.5) is 10.1 Å². The number of ether oxygens (including phenoxy) is 1. The standard InChI is InChI=1S/C23H31FN6O3S/c1-30(2)11-5-10-25-21(32)23-29-19-20(26-13-27-22(19)34-23)28-15-9-8-14(24)12-18(15)33-17-7-4-3-6-16(17)31/h8-9,12-13,16-17,19,22,31H,3-7,10-11H2,1-2H3,(H,25,32)(H,26,27,28)/t16-,17-,19-,22?/m1/s1. The normalized spacial score (nSPS) is 26.0.